The number of hydrogen-bond donors (Lipinski definition) is 1. The first kappa shape index (κ1) is 25.0. The normalized spacial score (nSPS) is 20.7. The van der Waals surface area contributed by atoms with E-state index in [1.54, 1.807) is 6.33 Å². The largest absolute Gasteiger partial charge is 0.493 e. The predicted molar refractivity (Wildman–Crippen MR) is 151 cm³/mol. The number of aryl methyl sites for hydroxylation is 2. The van der Waals surface area contributed by atoms with Crippen molar-refractivity contribution in [2.75, 3.05) is 6.61 Å². The molecule has 0 saturated heterocycles. The second kappa shape index (κ2) is 10.1. The third-order valence-corrected chi connectivity index (χ3v) is 8.63. The van der Waals surface area contributed by atoms with Gasteiger partial charge in [0.1, 0.15) is 17.9 Å². The number of H-pyrrole nitrogens is 1. The van der Waals surface area contributed by atoms with Crippen molar-refractivity contribution in [1.82, 2.24) is 24.9 Å². The zero-order valence-corrected chi connectivity index (χ0v) is 23.2. The molecule has 2 atom stereocenters. The smallest absolute Gasteiger partial charge is 0.177 e. The van der Waals surface area contributed by atoms with Gasteiger partial charge in [-0.3, -0.25) is 0 Å². The number of aromatic nitrogens is 5. The van der Waals surface area contributed by atoms with E-state index in [1.807, 2.05) is 6.20 Å². The molecule has 0 radical (unpaired) electrons. The molecule has 0 spiro atoms. The number of rotatable bonds is 5. The zero-order valence-electron chi connectivity index (χ0n) is 23.2. The third kappa shape index (κ3) is 5.05. The lowest BCUT2D eigenvalue weighted by molar-refractivity contribution is 0.219. The molecular formula is C32H39N5O. The quantitative estimate of drug-likeness (QED) is 0.324. The van der Waals surface area contributed by atoms with Gasteiger partial charge in [0.15, 0.2) is 5.65 Å². The molecule has 1 aromatic carbocycles. The van der Waals surface area contributed by atoms with Gasteiger partial charge in [0, 0.05) is 29.6 Å². The number of hydrogen-bond acceptors (Lipinski definition) is 5. The van der Waals surface area contributed by atoms with Crippen LogP contribution in [0.2, 0.25) is 0 Å². The van der Waals surface area contributed by atoms with Crippen molar-refractivity contribution in [3.63, 3.8) is 0 Å². The Morgan fingerprint density at radius 3 is 2.87 bits per heavy atom. The van der Waals surface area contributed by atoms with Gasteiger partial charge in [0.25, 0.3) is 0 Å². The predicted octanol–water partition coefficient (Wildman–Crippen LogP) is 6.70. The maximum atomic E-state index is 6.32. The summed E-state index contributed by atoms with van der Waals surface area (Å²) in [5, 5.41) is 0. The Labute approximate surface area is 225 Å². The van der Waals surface area contributed by atoms with E-state index in [1.165, 1.54) is 34.5 Å². The molecule has 198 valence electrons. The molecule has 2 aliphatic rings. The fourth-order valence-electron chi connectivity index (χ4n) is 6.30. The second-order valence-electron chi connectivity index (χ2n) is 12.2. The highest BCUT2D eigenvalue weighted by Gasteiger charge is 2.30. The van der Waals surface area contributed by atoms with Crippen LogP contribution in [0.3, 0.4) is 0 Å². The van der Waals surface area contributed by atoms with Gasteiger partial charge in [-0.1, -0.05) is 33.8 Å². The lowest BCUT2D eigenvalue weighted by Gasteiger charge is -2.33. The summed E-state index contributed by atoms with van der Waals surface area (Å²) in [7, 11) is 0. The van der Waals surface area contributed by atoms with Crippen molar-refractivity contribution in [3.05, 3.63) is 65.1 Å². The molecule has 1 N–H and O–H groups in total. The summed E-state index contributed by atoms with van der Waals surface area (Å²) in [6.07, 6.45) is 12.1. The highest BCUT2D eigenvalue weighted by Crippen LogP contribution is 2.38. The number of nitrogens with zero attached hydrogens (tertiary/aromatic N) is 4. The van der Waals surface area contributed by atoms with E-state index in [4.69, 9.17) is 9.72 Å². The molecule has 2 unspecified atom stereocenters. The Bertz CT molecular complexity index is 1460. The summed E-state index contributed by atoms with van der Waals surface area (Å²) in [4.78, 5) is 22.2. The Morgan fingerprint density at radius 2 is 2.00 bits per heavy atom. The highest BCUT2D eigenvalue weighted by atomic mass is 16.5. The molecule has 0 saturated carbocycles. The van der Waals surface area contributed by atoms with Gasteiger partial charge in [0.05, 0.1) is 12.1 Å². The van der Waals surface area contributed by atoms with E-state index >= 15 is 0 Å². The van der Waals surface area contributed by atoms with Gasteiger partial charge in [0.2, 0.25) is 0 Å². The summed E-state index contributed by atoms with van der Waals surface area (Å²) in [5.41, 5.74) is 9.60. The van der Waals surface area contributed by atoms with Crippen LogP contribution in [0, 0.1) is 17.3 Å². The molecule has 6 nitrogen and oxygen atoms in total. The van der Waals surface area contributed by atoms with Crippen molar-refractivity contribution in [2.24, 2.45) is 17.3 Å². The van der Waals surface area contributed by atoms with Gasteiger partial charge in [-0.05, 0) is 97.1 Å². The fraction of sp³-hybridized carbons (Fsp3) is 0.500. The van der Waals surface area contributed by atoms with Crippen LogP contribution < -0.4 is 4.74 Å². The second-order valence-corrected chi connectivity index (χ2v) is 12.2. The molecular weight excluding hydrogens is 470 g/mol. The Hall–Kier alpha value is -3.28. The van der Waals surface area contributed by atoms with E-state index < -0.39 is 0 Å². The maximum Gasteiger partial charge on any atom is 0.177 e. The van der Waals surface area contributed by atoms with Crippen LogP contribution in [0.15, 0.2) is 36.8 Å². The van der Waals surface area contributed by atoms with Crippen LogP contribution in [-0.2, 0) is 32.1 Å². The standard InChI is InChI=1S/C32H39N5O/c1-5-6-30-36-28-16-24(18-33-31(28)37-30)22-7-8-29-23(14-22)13-20(2)21(10-12-38-29)15-27-25-17-32(3,4)11-9-26(25)34-19-35-27/h7-8,14,16,18-21H,5-6,9-13,15,17H2,1-4H3,(H,33,36,37). The monoisotopic (exact) mass is 509 g/mol. The van der Waals surface area contributed by atoms with Crippen molar-refractivity contribution in [3.8, 4) is 16.9 Å². The first-order chi connectivity index (χ1) is 18.4. The molecule has 4 heterocycles. The van der Waals surface area contributed by atoms with Gasteiger partial charge < -0.3 is 9.72 Å². The number of fused-ring (bicyclic) bond motifs is 3. The molecule has 6 heteroatoms. The summed E-state index contributed by atoms with van der Waals surface area (Å²) in [6, 6.07) is 8.77. The number of pyridine rings is 1. The van der Waals surface area contributed by atoms with Crippen molar-refractivity contribution in [2.45, 2.75) is 79.1 Å². The Kier molecular flexibility index (Phi) is 6.67. The van der Waals surface area contributed by atoms with E-state index in [9.17, 15) is 0 Å². The van der Waals surface area contributed by atoms with Crippen LogP contribution in [0.4, 0.5) is 0 Å². The summed E-state index contributed by atoms with van der Waals surface area (Å²) < 4.78 is 6.32. The van der Waals surface area contributed by atoms with Crippen molar-refractivity contribution >= 4 is 11.2 Å². The lowest BCUT2D eigenvalue weighted by atomic mass is 9.74. The minimum Gasteiger partial charge on any atom is -0.493 e. The summed E-state index contributed by atoms with van der Waals surface area (Å²) in [6.45, 7) is 10.0. The number of aromatic amines is 1. The third-order valence-electron chi connectivity index (χ3n) is 8.63. The zero-order chi connectivity index (χ0) is 26.3. The van der Waals surface area contributed by atoms with Crippen LogP contribution in [-0.4, -0.2) is 31.5 Å². The Morgan fingerprint density at radius 1 is 1.11 bits per heavy atom. The van der Waals surface area contributed by atoms with Gasteiger partial charge in [-0.15, -0.1) is 0 Å². The maximum absolute atomic E-state index is 6.32. The van der Waals surface area contributed by atoms with E-state index in [0.717, 1.165) is 79.9 Å². The van der Waals surface area contributed by atoms with E-state index in [-0.39, 0.29) is 0 Å². The number of imidazole rings is 1. The molecule has 3 aromatic heterocycles. The number of benzene rings is 1. The molecule has 1 aliphatic heterocycles. The molecule has 6 rings (SSSR count). The van der Waals surface area contributed by atoms with E-state index in [0.29, 0.717) is 17.3 Å². The molecule has 38 heavy (non-hydrogen) atoms. The Balaban J connectivity index is 1.24. The summed E-state index contributed by atoms with van der Waals surface area (Å²) >= 11 is 0. The molecule has 4 aromatic rings. The molecule has 1 aliphatic carbocycles. The van der Waals surface area contributed by atoms with Crippen LogP contribution in [0.25, 0.3) is 22.3 Å². The average molecular weight is 510 g/mol. The van der Waals surface area contributed by atoms with Crippen LogP contribution >= 0.6 is 0 Å². The minimum atomic E-state index is 0.323. The van der Waals surface area contributed by atoms with Gasteiger partial charge in [-0.2, -0.15) is 0 Å². The SMILES string of the molecule is CCCc1nc2ncc(-c3ccc4c(c3)CC(C)C(Cc3ncnc5c3CC(C)(C)CC5)CCO4)cc2[nH]1. The van der Waals surface area contributed by atoms with Crippen molar-refractivity contribution < 1.29 is 4.74 Å². The van der Waals surface area contributed by atoms with Gasteiger partial charge >= 0.3 is 0 Å². The molecule has 0 bridgehead atoms. The molecule has 0 amide bonds. The first-order valence-corrected chi connectivity index (χ1v) is 14.3. The first-order valence-electron chi connectivity index (χ1n) is 14.3. The summed E-state index contributed by atoms with van der Waals surface area (Å²) in [5.74, 6) is 3.07. The fourth-order valence-corrected chi connectivity index (χ4v) is 6.30. The lowest BCUT2D eigenvalue weighted by Crippen LogP contribution is -2.27. The van der Waals surface area contributed by atoms with Crippen LogP contribution in [0.1, 0.15) is 75.3 Å². The topological polar surface area (TPSA) is 76.6 Å². The van der Waals surface area contributed by atoms with Crippen molar-refractivity contribution in [1.29, 1.82) is 0 Å². The highest BCUT2D eigenvalue weighted by molar-refractivity contribution is 5.78. The number of ether oxygens (including phenoxy) is 1. The molecule has 0 fully saturated rings. The van der Waals surface area contributed by atoms with E-state index in [2.05, 4.69) is 71.9 Å². The average Bonchev–Trinajstić information content (AvgIpc) is 3.29. The minimum absolute atomic E-state index is 0.323. The van der Waals surface area contributed by atoms with Gasteiger partial charge in [-0.25, -0.2) is 19.9 Å². The van der Waals surface area contributed by atoms with Crippen LogP contribution in [0.5, 0.6) is 5.75 Å². The number of nitrogens with one attached hydrogen (secondary N) is 1.